The van der Waals surface area contributed by atoms with Gasteiger partial charge in [-0.25, -0.2) is 4.79 Å². The Bertz CT molecular complexity index is 434. The summed E-state index contributed by atoms with van der Waals surface area (Å²) >= 11 is 5.17. The van der Waals surface area contributed by atoms with Crippen LogP contribution in [0.4, 0.5) is 5.69 Å². The van der Waals surface area contributed by atoms with E-state index in [1.807, 2.05) is 30.3 Å². The Labute approximate surface area is 118 Å². The molecule has 1 aromatic rings. The summed E-state index contributed by atoms with van der Waals surface area (Å²) in [6, 6.07) is 8.98. The second-order valence-electron chi connectivity index (χ2n) is 3.79. The van der Waals surface area contributed by atoms with Crippen molar-refractivity contribution >= 4 is 29.0 Å². The molecule has 1 rings (SSSR count). The smallest absolute Gasteiger partial charge is 0.328 e. The van der Waals surface area contributed by atoms with Crippen LogP contribution in [0.25, 0.3) is 0 Å². The average Bonchev–Trinajstić information content (AvgIpc) is 2.39. The molecule has 0 saturated carbocycles. The van der Waals surface area contributed by atoms with Crippen LogP contribution >= 0.6 is 12.2 Å². The molecule has 0 aliphatic heterocycles. The lowest BCUT2D eigenvalue weighted by Gasteiger charge is -2.18. The quantitative estimate of drug-likeness (QED) is 0.475. The molecule has 2 N–H and O–H groups in total. The zero-order valence-corrected chi connectivity index (χ0v) is 11.7. The van der Waals surface area contributed by atoms with E-state index in [9.17, 15) is 4.79 Å². The molecular weight excluding hydrogens is 260 g/mol. The highest BCUT2D eigenvalue weighted by Gasteiger charge is 2.18. The van der Waals surface area contributed by atoms with Crippen molar-refractivity contribution in [1.82, 2.24) is 5.32 Å². The maximum Gasteiger partial charge on any atom is 0.328 e. The second-order valence-corrected chi connectivity index (χ2v) is 4.20. The first-order valence-electron chi connectivity index (χ1n) is 6.07. The molecule has 1 atom stereocenters. The van der Waals surface area contributed by atoms with Crippen LogP contribution in [0.3, 0.4) is 0 Å². The van der Waals surface area contributed by atoms with Crippen LogP contribution in [0.15, 0.2) is 43.0 Å². The summed E-state index contributed by atoms with van der Waals surface area (Å²) in [5.41, 5.74) is 0.862. The Morgan fingerprint density at radius 3 is 2.74 bits per heavy atom. The lowest BCUT2D eigenvalue weighted by atomic mass is 10.2. The van der Waals surface area contributed by atoms with E-state index >= 15 is 0 Å². The number of carbonyl (C=O) groups excluding carboxylic acids is 1. The Hall–Kier alpha value is -1.88. The van der Waals surface area contributed by atoms with Gasteiger partial charge in [-0.15, -0.1) is 6.58 Å². The van der Waals surface area contributed by atoms with Crippen LogP contribution in [0.1, 0.15) is 13.3 Å². The second kappa shape index (κ2) is 8.26. The molecular formula is C14H18N2O2S. The van der Waals surface area contributed by atoms with Gasteiger partial charge in [0.05, 0.1) is 6.61 Å². The van der Waals surface area contributed by atoms with Crippen molar-refractivity contribution in [3.05, 3.63) is 43.0 Å². The van der Waals surface area contributed by atoms with Gasteiger partial charge in [0.2, 0.25) is 0 Å². The van der Waals surface area contributed by atoms with Gasteiger partial charge in [0, 0.05) is 5.69 Å². The van der Waals surface area contributed by atoms with Crippen molar-refractivity contribution in [2.45, 2.75) is 19.4 Å². The molecule has 102 valence electrons. The van der Waals surface area contributed by atoms with Crippen molar-refractivity contribution in [2.24, 2.45) is 0 Å². The maximum atomic E-state index is 11.7. The Morgan fingerprint density at radius 1 is 1.47 bits per heavy atom. The molecule has 0 fully saturated rings. The summed E-state index contributed by atoms with van der Waals surface area (Å²) in [5.74, 6) is -0.334. The number of benzene rings is 1. The van der Waals surface area contributed by atoms with Gasteiger partial charge in [-0.2, -0.15) is 0 Å². The normalized spacial score (nSPS) is 11.2. The minimum Gasteiger partial charge on any atom is -0.464 e. The molecule has 0 aromatic heterocycles. The summed E-state index contributed by atoms with van der Waals surface area (Å²) < 4.78 is 4.97. The monoisotopic (exact) mass is 278 g/mol. The molecule has 0 spiro atoms. The largest absolute Gasteiger partial charge is 0.464 e. The number of ether oxygens (including phenoxy) is 1. The van der Waals surface area contributed by atoms with Crippen LogP contribution in [-0.2, 0) is 9.53 Å². The summed E-state index contributed by atoms with van der Waals surface area (Å²) in [7, 11) is 0. The molecule has 0 aliphatic carbocycles. The maximum absolute atomic E-state index is 11.7. The van der Waals surface area contributed by atoms with E-state index < -0.39 is 6.04 Å². The van der Waals surface area contributed by atoms with Gasteiger partial charge in [-0.1, -0.05) is 24.3 Å². The number of thiocarbonyl (C=S) groups is 1. The molecule has 0 bridgehead atoms. The molecule has 19 heavy (non-hydrogen) atoms. The molecule has 0 radical (unpaired) electrons. The summed E-state index contributed by atoms with van der Waals surface area (Å²) in [6.45, 7) is 5.73. The zero-order valence-electron chi connectivity index (χ0n) is 10.9. The zero-order chi connectivity index (χ0) is 14.1. The fraction of sp³-hybridized carbons (Fsp3) is 0.286. The van der Waals surface area contributed by atoms with Crippen LogP contribution in [0.5, 0.6) is 0 Å². The number of nitrogens with one attached hydrogen (secondary N) is 2. The number of hydrogen-bond acceptors (Lipinski definition) is 3. The van der Waals surface area contributed by atoms with E-state index in [2.05, 4.69) is 17.2 Å². The van der Waals surface area contributed by atoms with Gasteiger partial charge in [0.15, 0.2) is 5.11 Å². The number of rotatable bonds is 6. The van der Waals surface area contributed by atoms with Crippen LogP contribution in [0, 0.1) is 0 Å². The molecule has 1 aromatic carbocycles. The first kappa shape index (κ1) is 15.2. The SMILES string of the molecule is C=CCC(NC(=S)Nc1ccccc1)C(=O)OCC. The molecule has 0 amide bonds. The number of carbonyl (C=O) groups is 1. The van der Waals surface area contributed by atoms with E-state index in [1.54, 1.807) is 13.0 Å². The van der Waals surface area contributed by atoms with Gasteiger partial charge in [0.1, 0.15) is 6.04 Å². The average molecular weight is 278 g/mol. The highest BCUT2D eigenvalue weighted by Crippen LogP contribution is 2.05. The van der Waals surface area contributed by atoms with E-state index in [0.29, 0.717) is 18.1 Å². The third-order valence-electron chi connectivity index (χ3n) is 2.31. The van der Waals surface area contributed by atoms with Gasteiger partial charge in [-0.05, 0) is 37.7 Å². The van der Waals surface area contributed by atoms with Gasteiger partial charge in [-0.3, -0.25) is 0 Å². The Balaban J connectivity index is 2.56. The lowest BCUT2D eigenvalue weighted by molar-refractivity contribution is -0.145. The number of anilines is 1. The molecule has 0 heterocycles. The van der Waals surface area contributed by atoms with E-state index in [4.69, 9.17) is 17.0 Å². The first-order valence-corrected chi connectivity index (χ1v) is 6.48. The molecule has 0 saturated heterocycles. The van der Waals surface area contributed by atoms with Crippen molar-refractivity contribution in [2.75, 3.05) is 11.9 Å². The van der Waals surface area contributed by atoms with Crippen molar-refractivity contribution in [3.63, 3.8) is 0 Å². The van der Waals surface area contributed by atoms with Crippen LogP contribution in [0.2, 0.25) is 0 Å². The number of para-hydroxylation sites is 1. The predicted molar refractivity (Wildman–Crippen MR) is 81.0 cm³/mol. The summed E-state index contributed by atoms with van der Waals surface area (Å²) in [6.07, 6.45) is 2.11. The number of hydrogen-bond donors (Lipinski definition) is 2. The fourth-order valence-corrected chi connectivity index (χ4v) is 1.73. The minimum absolute atomic E-state index is 0.334. The highest BCUT2D eigenvalue weighted by molar-refractivity contribution is 7.80. The standard InChI is InChI=1S/C14H18N2O2S/c1-3-8-12(13(17)18-4-2)16-14(19)15-11-9-6-5-7-10-11/h3,5-7,9-10,12H,1,4,8H2,2H3,(H2,15,16,19). The van der Waals surface area contributed by atoms with Gasteiger partial charge < -0.3 is 15.4 Å². The molecule has 0 aliphatic rings. The Morgan fingerprint density at radius 2 is 2.16 bits per heavy atom. The number of esters is 1. The molecule has 1 unspecified atom stereocenters. The van der Waals surface area contributed by atoms with Crippen molar-refractivity contribution in [3.8, 4) is 0 Å². The lowest BCUT2D eigenvalue weighted by Crippen LogP contribution is -2.43. The Kier molecular flexibility index (Phi) is 6.60. The van der Waals surface area contributed by atoms with Crippen molar-refractivity contribution < 1.29 is 9.53 Å². The molecule has 4 nitrogen and oxygen atoms in total. The fourth-order valence-electron chi connectivity index (χ4n) is 1.47. The minimum atomic E-state index is -0.513. The van der Waals surface area contributed by atoms with Crippen LogP contribution in [-0.4, -0.2) is 23.7 Å². The van der Waals surface area contributed by atoms with Gasteiger partial charge >= 0.3 is 5.97 Å². The van der Waals surface area contributed by atoms with Gasteiger partial charge in [0.25, 0.3) is 0 Å². The third-order valence-corrected chi connectivity index (χ3v) is 2.53. The third kappa shape index (κ3) is 5.52. The first-order chi connectivity index (χ1) is 9.17. The van der Waals surface area contributed by atoms with Crippen LogP contribution < -0.4 is 10.6 Å². The van der Waals surface area contributed by atoms with E-state index in [0.717, 1.165) is 5.69 Å². The summed E-state index contributed by atoms with van der Waals surface area (Å²) in [4.78, 5) is 11.7. The topological polar surface area (TPSA) is 50.4 Å². The molecule has 5 heteroatoms. The highest BCUT2D eigenvalue weighted by atomic mass is 32.1. The van der Waals surface area contributed by atoms with E-state index in [1.165, 1.54) is 0 Å². The van der Waals surface area contributed by atoms with Crippen molar-refractivity contribution in [1.29, 1.82) is 0 Å². The predicted octanol–water partition coefficient (Wildman–Crippen LogP) is 2.48. The van der Waals surface area contributed by atoms with E-state index in [-0.39, 0.29) is 5.97 Å². The summed E-state index contributed by atoms with van der Waals surface area (Å²) in [5, 5.41) is 6.31.